The molecule has 3 amide bonds. The van der Waals surface area contributed by atoms with E-state index in [1.165, 1.54) is 19.1 Å². The van der Waals surface area contributed by atoms with Crippen LogP contribution in [0.2, 0.25) is 0 Å². The first-order valence-electron chi connectivity index (χ1n) is 13.4. The third kappa shape index (κ3) is 12.7. The molecule has 1 aliphatic rings. The van der Waals surface area contributed by atoms with Crippen molar-refractivity contribution in [2.75, 3.05) is 46.1 Å². The van der Waals surface area contributed by atoms with E-state index in [4.69, 9.17) is 9.47 Å². The number of carbonyl (C=O) groups is 4. The molecule has 3 atom stereocenters. The van der Waals surface area contributed by atoms with Crippen molar-refractivity contribution in [2.45, 2.75) is 38.1 Å². The van der Waals surface area contributed by atoms with Crippen molar-refractivity contribution in [2.24, 2.45) is 0 Å². The van der Waals surface area contributed by atoms with E-state index in [2.05, 4.69) is 33.8 Å². The molecule has 1 aliphatic heterocycles. The maximum absolute atomic E-state index is 13.0. The van der Waals surface area contributed by atoms with Crippen LogP contribution in [-0.2, 0) is 39.8 Å². The summed E-state index contributed by atoms with van der Waals surface area (Å²) in [6.07, 6.45) is 4.74. The molecular weight excluding hydrogens is 554 g/mol. The van der Waals surface area contributed by atoms with Crippen molar-refractivity contribution in [1.82, 2.24) is 20.9 Å². The van der Waals surface area contributed by atoms with Crippen LogP contribution in [0.5, 0.6) is 0 Å². The number of benzene rings is 1. The number of nitrogens with zero attached hydrogens (tertiary/aromatic N) is 1. The molecule has 0 radical (unpaired) electrons. The number of amides is 3. The van der Waals surface area contributed by atoms with E-state index in [0.29, 0.717) is 31.9 Å². The van der Waals surface area contributed by atoms with Crippen LogP contribution in [-0.4, -0.2) is 99.4 Å². The number of alkyl halides is 2. The number of allylic oxidation sites excluding steroid dienone is 2. The van der Waals surface area contributed by atoms with Gasteiger partial charge in [0, 0.05) is 19.5 Å². The fourth-order valence-electron chi connectivity index (χ4n) is 3.86. The molecule has 0 aromatic heterocycles. The smallest absolute Gasteiger partial charge is 0.345 e. The van der Waals surface area contributed by atoms with Gasteiger partial charge in [0.25, 0.3) is 0 Å². The van der Waals surface area contributed by atoms with Gasteiger partial charge in [-0.05, 0) is 18.1 Å². The second-order valence-corrected chi connectivity index (χ2v) is 9.37. The average molecular weight is 593 g/mol. The topological polar surface area (TPSA) is 135 Å². The molecule has 11 nitrogen and oxygen atoms in total. The molecule has 1 fully saturated rings. The number of halogens is 2. The zero-order valence-corrected chi connectivity index (χ0v) is 23.6. The number of esters is 1. The van der Waals surface area contributed by atoms with Gasteiger partial charge >= 0.3 is 12.6 Å². The predicted molar refractivity (Wildman–Crippen MR) is 150 cm³/mol. The van der Waals surface area contributed by atoms with Crippen molar-refractivity contribution in [1.29, 1.82) is 0 Å². The van der Waals surface area contributed by atoms with Gasteiger partial charge in [-0.3, -0.25) is 19.3 Å². The molecule has 1 saturated heterocycles. The van der Waals surface area contributed by atoms with E-state index in [0.717, 1.165) is 5.56 Å². The Hall–Kier alpha value is -3.94. The summed E-state index contributed by atoms with van der Waals surface area (Å²) < 4.78 is 40.3. The molecule has 3 N–H and O–H groups in total. The van der Waals surface area contributed by atoms with Gasteiger partial charge in [0.05, 0.1) is 26.4 Å². The number of morpholine rings is 1. The van der Waals surface area contributed by atoms with Crippen LogP contribution < -0.4 is 16.0 Å². The van der Waals surface area contributed by atoms with Crippen molar-refractivity contribution in [3.05, 3.63) is 72.9 Å². The Bertz CT molecular complexity index is 1090. The Labute approximate surface area is 243 Å². The number of carbonyl (C=O) groups excluding carboxylic acids is 4. The SMILES string of the molecule is C=C/C=C(\C=C)COC(=O)[C@H](Cc1ccccc1)NC(=O)C(C)NC(=O)[C@H](COC(F)F)NC(=O)CN1CCOCC1. The molecule has 230 valence electrons. The lowest BCUT2D eigenvalue weighted by Gasteiger charge is -2.27. The molecule has 0 bridgehead atoms. The summed E-state index contributed by atoms with van der Waals surface area (Å²) in [6, 6.07) is 5.09. The van der Waals surface area contributed by atoms with Gasteiger partial charge < -0.3 is 30.2 Å². The summed E-state index contributed by atoms with van der Waals surface area (Å²) in [7, 11) is 0. The lowest BCUT2D eigenvalue weighted by Crippen LogP contribution is -2.57. The largest absolute Gasteiger partial charge is 0.459 e. The van der Waals surface area contributed by atoms with E-state index in [1.54, 1.807) is 41.3 Å². The highest BCUT2D eigenvalue weighted by Crippen LogP contribution is 2.07. The third-order valence-electron chi connectivity index (χ3n) is 6.12. The van der Waals surface area contributed by atoms with Crippen LogP contribution in [0.4, 0.5) is 8.78 Å². The number of nitrogens with one attached hydrogen (secondary N) is 3. The standard InChI is InChI=1S/C29H38F2N4O7/c1-4-9-21(5-2)18-41-28(39)23(16-22-10-7-6-8-11-22)34-26(37)20(3)32-27(38)24(19-42-29(30)31)33-25(36)17-35-12-14-40-15-13-35/h4-11,20,23-24,29H,1-2,12-19H2,3H3,(H,32,38)(H,33,36)(H,34,37)/b21-9+/t20?,23-,24-/m0/s1. The first kappa shape index (κ1) is 34.3. The van der Waals surface area contributed by atoms with E-state index in [9.17, 15) is 28.0 Å². The van der Waals surface area contributed by atoms with Gasteiger partial charge in [0.15, 0.2) is 0 Å². The Morgan fingerprint density at radius 3 is 2.33 bits per heavy atom. The monoisotopic (exact) mass is 592 g/mol. The Morgan fingerprint density at radius 1 is 1.02 bits per heavy atom. The van der Waals surface area contributed by atoms with Crippen molar-refractivity contribution >= 4 is 23.7 Å². The molecule has 13 heteroatoms. The Kier molecular flexibility index (Phi) is 15.1. The van der Waals surface area contributed by atoms with Crippen molar-refractivity contribution in [3.63, 3.8) is 0 Å². The fraction of sp³-hybridized carbons (Fsp3) is 0.448. The molecule has 2 rings (SSSR count). The zero-order valence-electron chi connectivity index (χ0n) is 23.6. The van der Waals surface area contributed by atoms with Crippen molar-refractivity contribution < 1.29 is 42.2 Å². The maximum Gasteiger partial charge on any atom is 0.345 e. The van der Waals surface area contributed by atoms with E-state index >= 15 is 0 Å². The number of hydrogen-bond acceptors (Lipinski definition) is 8. The fourth-order valence-corrected chi connectivity index (χ4v) is 3.86. The molecule has 1 aromatic rings. The third-order valence-corrected chi connectivity index (χ3v) is 6.12. The molecule has 0 saturated carbocycles. The number of hydrogen-bond donors (Lipinski definition) is 3. The summed E-state index contributed by atoms with van der Waals surface area (Å²) in [5.41, 5.74) is 1.34. The minimum Gasteiger partial charge on any atom is -0.459 e. The molecule has 0 aliphatic carbocycles. The second kappa shape index (κ2) is 18.5. The zero-order chi connectivity index (χ0) is 30.9. The van der Waals surface area contributed by atoms with Crippen molar-refractivity contribution in [3.8, 4) is 0 Å². The predicted octanol–water partition coefficient (Wildman–Crippen LogP) is 1.12. The molecule has 0 spiro atoms. The van der Waals surface area contributed by atoms with Gasteiger partial charge in [-0.1, -0.05) is 61.7 Å². The minimum absolute atomic E-state index is 0.0727. The van der Waals surface area contributed by atoms with Crippen LogP contribution in [0.3, 0.4) is 0 Å². The van der Waals surface area contributed by atoms with Gasteiger partial charge in [-0.15, -0.1) is 0 Å². The molecule has 1 heterocycles. The summed E-state index contributed by atoms with van der Waals surface area (Å²) in [4.78, 5) is 53.1. The molecule has 1 aromatic carbocycles. The highest BCUT2D eigenvalue weighted by Gasteiger charge is 2.29. The quantitative estimate of drug-likeness (QED) is 0.181. The van der Waals surface area contributed by atoms with E-state index in [1.807, 2.05) is 0 Å². The highest BCUT2D eigenvalue weighted by atomic mass is 19.3. The van der Waals surface area contributed by atoms with Gasteiger partial charge in [0.1, 0.15) is 24.7 Å². The van der Waals surface area contributed by atoms with Gasteiger partial charge in [0.2, 0.25) is 17.7 Å². The normalized spacial score (nSPS) is 16.0. The van der Waals surface area contributed by atoms with E-state index < -0.39 is 55.0 Å². The molecule has 1 unspecified atom stereocenters. The molecule has 42 heavy (non-hydrogen) atoms. The Balaban J connectivity index is 2.05. The average Bonchev–Trinajstić information content (AvgIpc) is 2.97. The minimum atomic E-state index is -3.18. The van der Waals surface area contributed by atoms with E-state index in [-0.39, 0.29) is 19.6 Å². The maximum atomic E-state index is 13.0. The van der Waals surface area contributed by atoms with Crippen LogP contribution in [0.1, 0.15) is 12.5 Å². The first-order chi connectivity index (χ1) is 20.1. The summed E-state index contributed by atoms with van der Waals surface area (Å²) in [5.74, 6) is -2.95. The molecular formula is C29H38F2N4O7. The second-order valence-electron chi connectivity index (χ2n) is 9.37. The number of ether oxygens (including phenoxy) is 3. The van der Waals surface area contributed by atoms with Crippen LogP contribution in [0, 0.1) is 0 Å². The van der Waals surface area contributed by atoms with Crippen LogP contribution in [0.25, 0.3) is 0 Å². The summed E-state index contributed by atoms with van der Waals surface area (Å²) in [6.45, 7) is 6.31. The van der Waals surface area contributed by atoms with Crippen LogP contribution in [0.15, 0.2) is 67.3 Å². The lowest BCUT2D eigenvalue weighted by molar-refractivity contribution is -0.148. The number of rotatable bonds is 17. The first-order valence-corrected chi connectivity index (χ1v) is 13.4. The van der Waals surface area contributed by atoms with Crippen LogP contribution >= 0.6 is 0 Å². The van der Waals surface area contributed by atoms with Gasteiger partial charge in [-0.2, -0.15) is 8.78 Å². The summed E-state index contributed by atoms with van der Waals surface area (Å²) >= 11 is 0. The highest BCUT2D eigenvalue weighted by molar-refractivity contribution is 5.93. The summed E-state index contributed by atoms with van der Waals surface area (Å²) in [5, 5.41) is 7.35. The Morgan fingerprint density at radius 2 is 1.71 bits per heavy atom. The van der Waals surface area contributed by atoms with Gasteiger partial charge in [-0.25, -0.2) is 4.79 Å². The lowest BCUT2D eigenvalue weighted by atomic mass is 10.1.